The second-order valence-electron chi connectivity index (χ2n) is 9.84. The summed E-state index contributed by atoms with van der Waals surface area (Å²) in [7, 11) is 1.56. The number of ether oxygens (including phenoxy) is 1. The highest BCUT2D eigenvalue weighted by atomic mass is 79.9. The van der Waals surface area contributed by atoms with Gasteiger partial charge in [-0.3, -0.25) is 23.7 Å². The lowest BCUT2D eigenvalue weighted by Crippen LogP contribution is -2.33. The van der Waals surface area contributed by atoms with Gasteiger partial charge in [-0.05, 0) is 61.0 Å². The number of methoxy groups -OCH3 is 1. The number of halogens is 1. The van der Waals surface area contributed by atoms with Crippen LogP contribution in [0.4, 0.5) is 11.4 Å². The summed E-state index contributed by atoms with van der Waals surface area (Å²) in [5.41, 5.74) is 2.94. The van der Waals surface area contributed by atoms with Crippen molar-refractivity contribution in [2.75, 3.05) is 17.3 Å². The molecule has 3 heterocycles. The predicted octanol–water partition coefficient (Wildman–Crippen LogP) is 5.42. The maximum atomic E-state index is 13.9. The molecule has 3 aromatic carbocycles. The number of aryl methyl sites for hydroxylation is 1. The normalized spacial score (nSPS) is 19.6. The van der Waals surface area contributed by atoms with E-state index in [0.29, 0.717) is 27.0 Å². The van der Waals surface area contributed by atoms with Crippen molar-refractivity contribution in [1.82, 2.24) is 4.57 Å². The molecular weight excluding hydrogens is 626 g/mol. The predicted molar refractivity (Wildman–Crippen MR) is 163 cm³/mol. The standard InChI is InChI=1S/C30H24BrN3O5S2/c1-16-3-11-20(12-4-16)34-27(36)24-23(17-5-7-18(31)8-6-17)26-29(40-25(24)28(34)37)33(30(38)41-26)15-22(35)32-19-9-13-21(39-2)14-10-19/h3-14,23-25H,15H2,1-2H3,(H,32,35)/t23-,24-,25+/m0/s1. The molecule has 8 nitrogen and oxygen atoms in total. The number of benzene rings is 3. The lowest BCUT2D eigenvalue weighted by atomic mass is 9.83. The summed E-state index contributed by atoms with van der Waals surface area (Å²) in [5.74, 6) is -1.54. The molecule has 2 aliphatic rings. The van der Waals surface area contributed by atoms with Crippen molar-refractivity contribution in [2.45, 2.75) is 29.7 Å². The minimum Gasteiger partial charge on any atom is -0.497 e. The number of thioether (sulfide) groups is 1. The first-order chi connectivity index (χ1) is 19.7. The molecule has 1 N–H and O–H groups in total. The van der Waals surface area contributed by atoms with Crippen molar-refractivity contribution in [3.63, 3.8) is 0 Å². The van der Waals surface area contributed by atoms with Crippen LogP contribution in [-0.4, -0.2) is 34.6 Å². The maximum Gasteiger partial charge on any atom is 0.308 e. The Hall–Kier alpha value is -3.67. The zero-order valence-corrected chi connectivity index (χ0v) is 25.2. The summed E-state index contributed by atoms with van der Waals surface area (Å²) in [4.78, 5) is 55.7. The molecule has 1 fully saturated rings. The Bertz CT molecular complexity index is 1720. The molecule has 208 valence electrons. The number of hydrogen-bond acceptors (Lipinski definition) is 7. The second-order valence-corrected chi connectivity index (χ2v) is 12.9. The van der Waals surface area contributed by atoms with Gasteiger partial charge in [-0.1, -0.05) is 68.9 Å². The quantitative estimate of drug-likeness (QED) is 0.280. The summed E-state index contributed by atoms with van der Waals surface area (Å²) < 4.78 is 7.45. The molecule has 4 aromatic rings. The number of amides is 3. The molecule has 0 bridgehead atoms. The third-order valence-electron chi connectivity index (χ3n) is 7.25. The second kappa shape index (κ2) is 11.0. The maximum absolute atomic E-state index is 13.9. The average molecular weight is 651 g/mol. The van der Waals surface area contributed by atoms with E-state index in [2.05, 4.69) is 21.2 Å². The monoisotopic (exact) mass is 649 g/mol. The highest BCUT2D eigenvalue weighted by Gasteiger charge is 2.56. The van der Waals surface area contributed by atoms with Crippen molar-refractivity contribution in [1.29, 1.82) is 0 Å². The largest absolute Gasteiger partial charge is 0.497 e. The number of hydrogen-bond donors (Lipinski definition) is 1. The lowest BCUT2D eigenvalue weighted by Gasteiger charge is -2.30. The summed E-state index contributed by atoms with van der Waals surface area (Å²) in [6.45, 7) is 1.72. The van der Waals surface area contributed by atoms with E-state index in [4.69, 9.17) is 4.74 Å². The van der Waals surface area contributed by atoms with E-state index >= 15 is 0 Å². The van der Waals surface area contributed by atoms with Gasteiger partial charge >= 0.3 is 4.87 Å². The first-order valence-electron chi connectivity index (χ1n) is 12.8. The van der Waals surface area contributed by atoms with Crippen LogP contribution in [0.3, 0.4) is 0 Å². The van der Waals surface area contributed by atoms with E-state index in [1.807, 2.05) is 43.3 Å². The van der Waals surface area contributed by atoms with Gasteiger partial charge in [0.1, 0.15) is 17.5 Å². The SMILES string of the molecule is COc1ccc(NC(=O)Cn2c3c(sc2=O)[C@@H](c2ccc(Br)cc2)[C@@H]2C(=O)N(c4ccc(C)cc4)C(=O)[C@@H]2S3)cc1. The van der Waals surface area contributed by atoms with Gasteiger partial charge in [0.05, 0.1) is 23.7 Å². The summed E-state index contributed by atoms with van der Waals surface area (Å²) >= 11 is 5.69. The molecule has 0 aliphatic carbocycles. The first kappa shape index (κ1) is 27.5. The molecule has 1 aromatic heterocycles. The molecule has 0 unspecified atom stereocenters. The molecule has 3 amide bonds. The first-order valence-corrected chi connectivity index (χ1v) is 15.3. The van der Waals surface area contributed by atoms with Gasteiger partial charge in [0.25, 0.3) is 0 Å². The molecule has 0 saturated carbocycles. The number of nitrogens with one attached hydrogen (secondary N) is 1. The molecule has 0 spiro atoms. The van der Waals surface area contributed by atoms with Gasteiger partial charge in [-0.15, -0.1) is 0 Å². The molecule has 1 saturated heterocycles. The van der Waals surface area contributed by atoms with Crippen LogP contribution < -0.4 is 19.8 Å². The van der Waals surface area contributed by atoms with Crippen molar-refractivity contribution < 1.29 is 19.1 Å². The van der Waals surface area contributed by atoms with E-state index in [-0.39, 0.29) is 29.1 Å². The van der Waals surface area contributed by atoms with Crippen LogP contribution >= 0.6 is 39.0 Å². The topological polar surface area (TPSA) is 97.7 Å². The zero-order valence-electron chi connectivity index (χ0n) is 22.0. The van der Waals surface area contributed by atoms with Crippen LogP contribution in [0.2, 0.25) is 0 Å². The minimum absolute atomic E-state index is 0.224. The Morgan fingerprint density at radius 2 is 1.63 bits per heavy atom. The number of fused-ring (bicyclic) bond motifs is 2. The molecular formula is C30H24BrN3O5S2. The van der Waals surface area contributed by atoms with E-state index in [1.165, 1.54) is 21.2 Å². The number of carbonyl (C=O) groups excluding carboxylic acids is 3. The Morgan fingerprint density at radius 3 is 2.29 bits per heavy atom. The molecule has 11 heteroatoms. The number of thiazole rings is 1. The summed E-state index contributed by atoms with van der Waals surface area (Å²) in [5, 5.41) is 2.62. The minimum atomic E-state index is -0.741. The van der Waals surface area contributed by atoms with Gasteiger partial charge in [0, 0.05) is 21.0 Å². The Balaban J connectivity index is 1.38. The number of imide groups is 1. The Labute approximate surface area is 252 Å². The van der Waals surface area contributed by atoms with Crippen molar-refractivity contribution >= 4 is 68.1 Å². The molecule has 3 atom stereocenters. The molecule has 0 radical (unpaired) electrons. The van der Waals surface area contributed by atoms with Gasteiger partial charge < -0.3 is 10.1 Å². The Morgan fingerprint density at radius 1 is 0.951 bits per heavy atom. The summed E-state index contributed by atoms with van der Waals surface area (Å²) in [6.07, 6.45) is 0. The van der Waals surface area contributed by atoms with E-state index in [1.54, 1.807) is 43.5 Å². The van der Waals surface area contributed by atoms with Crippen molar-refractivity contribution in [3.05, 3.63) is 103 Å². The van der Waals surface area contributed by atoms with Crippen LogP contribution in [-0.2, 0) is 20.9 Å². The van der Waals surface area contributed by atoms with E-state index in [0.717, 1.165) is 26.9 Å². The fourth-order valence-corrected chi connectivity index (χ4v) is 8.29. The number of carbonyl (C=O) groups is 3. The number of nitrogens with zero attached hydrogens (tertiary/aromatic N) is 2. The highest BCUT2D eigenvalue weighted by molar-refractivity contribution is 9.10. The van der Waals surface area contributed by atoms with E-state index in [9.17, 15) is 19.2 Å². The van der Waals surface area contributed by atoms with Crippen LogP contribution in [0.15, 0.2) is 87.1 Å². The molecule has 2 aliphatic heterocycles. The molecule has 41 heavy (non-hydrogen) atoms. The highest BCUT2D eigenvalue weighted by Crippen LogP contribution is 2.54. The summed E-state index contributed by atoms with van der Waals surface area (Å²) in [6, 6.07) is 21.8. The van der Waals surface area contributed by atoms with Crippen LogP contribution in [0.1, 0.15) is 21.9 Å². The van der Waals surface area contributed by atoms with Crippen LogP contribution in [0.5, 0.6) is 5.75 Å². The molecule has 6 rings (SSSR count). The lowest BCUT2D eigenvalue weighted by molar-refractivity contribution is -0.122. The van der Waals surface area contributed by atoms with Crippen LogP contribution in [0.25, 0.3) is 0 Å². The number of rotatable bonds is 6. The average Bonchev–Trinajstić information content (AvgIpc) is 3.40. The van der Waals surface area contributed by atoms with E-state index < -0.39 is 17.1 Å². The third kappa shape index (κ3) is 5.02. The fraction of sp³-hybridized carbons (Fsp3) is 0.200. The van der Waals surface area contributed by atoms with Crippen molar-refractivity contribution in [2.24, 2.45) is 5.92 Å². The van der Waals surface area contributed by atoms with Crippen LogP contribution in [0, 0.1) is 12.8 Å². The van der Waals surface area contributed by atoms with Gasteiger partial charge in [-0.2, -0.15) is 0 Å². The number of anilines is 2. The van der Waals surface area contributed by atoms with Crippen molar-refractivity contribution in [3.8, 4) is 5.75 Å². The fourth-order valence-electron chi connectivity index (χ4n) is 5.25. The Kier molecular flexibility index (Phi) is 7.35. The third-order valence-corrected chi connectivity index (χ3v) is 10.4. The van der Waals surface area contributed by atoms with Gasteiger partial charge in [0.2, 0.25) is 17.7 Å². The van der Waals surface area contributed by atoms with Gasteiger partial charge in [-0.25, -0.2) is 4.90 Å². The number of aromatic nitrogens is 1. The smallest absolute Gasteiger partial charge is 0.308 e. The zero-order chi connectivity index (χ0) is 28.8. The van der Waals surface area contributed by atoms with Gasteiger partial charge in [0.15, 0.2) is 0 Å².